The van der Waals surface area contributed by atoms with Gasteiger partial charge in [-0.3, -0.25) is 14.9 Å². The van der Waals surface area contributed by atoms with E-state index in [1.54, 1.807) is 6.92 Å². The summed E-state index contributed by atoms with van der Waals surface area (Å²) in [6, 6.07) is 21.4. The van der Waals surface area contributed by atoms with E-state index in [0.717, 1.165) is 17.2 Å². The van der Waals surface area contributed by atoms with Crippen molar-refractivity contribution in [2.75, 3.05) is 18.4 Å². The van der Waals surface area contributed by atoms with Crippen LogP contribution in [0.2, 0.25) is 0 Å². The molecule has 176 valence electrons. The van der Waals surface area contributed by atoms with Crippen LogP contribution >= 0.6 is 0 Å². The molecule has 1 saturated heterocycles. The highest BCUT2D eigenvalue weighted by molar-refractivity contribution is 7.89. The van der Waals surface area contributed by atoms with E-state index in [9.17, 15) is 23.3 Å². The molecule has 0 bridgehead atoms. The van der Waals surface area contributed by atoms with E-state index in [4.69, 9.17) is 0 Å². The molecule has 0 radical (unpaired) electrons. The van der Waals surface area contributed by atoms with Crippen molar-refractivity contribution in [3.8, 4) is 11.1 Å². The Labute approximate surface area is 198 Å². The monoisotopic (exact) mass is 479 g/mol. The largest absolute Gasteiger partial charge is 0.326 e. The number of anilines is 1. The number of rotatable bonds is 6. The van der Waals surface area contributed by atoms with Crippen LogP contribution in [0.5, 0.6) is 0 Å². The summed E-state index contributed by atoms with van der Waals surface area (Å²) in [7, 11) is -3.89. The van der Waals surface area contributed by atoms with Gasteiger partial charge in [-0.05, 0) is 48.6 Å². The molecule has 0 spiro atoms. The molecule has 4 rings (SSSR count). The number of non-ortho nitro benzene ring substituents is 1. The minimum Gasteiger partial charge on any atom is -0.326 e. The summed E-state index contributed by atoms with van der Waals surface area (Å²) in [5.41, 5.74) is 3.01. The van der Waals surface area contributed by atoms with E-state index in [1.165, 1.54) is 16.4 Å². The summed E-state index contributed by atoms with van der Waals surface area (Å²) < 4.78 is 27.5. The van der Waals surface area contributed by atoms with Crippen LogP contribution in [0.3, 0.4) is 0 Å². The first-order chi connectivity index (χ1) is 16.3. The van der Waals surface area contributed by atoms with Crippen LogP contribution in [0.1, 0.15) is 18.4 Å². The molecule has 3 aromatic rings. The Morgan fingerprint density at radius 1 is 0.971 bits per heavy atom. The summed E-state index contributed by atoms with van der Waals surface area (Å²) in [6.07, 6.45) is 0.752. The lowest BCUT2D eigenvalue weighted by Gasteiger charge is -2.30. The Bertz CT molecular complexity index is 1300. The Morgan fingerprint density at radius 2 is 1.59 bits per heavy atom. The first-order valence-electron chi connectivity index (χ1n) is 11.0. The number of piperidine rings is 1. The number of aryl methyl sites for hydroxylation is 1. The fourth-order valence-electron chi connectivity index (χ4n) is 4.10. The van der Waals surface area contributed by atoms with Crippen molar-refractivity contribution in [1.29, 1.82) is 0 Å². The fourth-order valence-corrected chi connectivity index (χ4v) is 5.81. The molecule has 1 N–H and O–H groups in total. The number of nitrogens with one attached hydrogen (secondary N) is 1. The first kappa shape index (κ1) is 23.6. The molecule has 9 heteroatoms. The number of nitrogens with zero attached hydrogens (tertiary/aromatic N) is 2. The highest BCUT2D eigenvalue weighted by atomic mass is 32.2. The van der Waals surface area contributed by atoms with Gasteiger partial charge in [-0.15, -0.1) is 0 Å². The molecule has 3 aromatic carbocycles. The minimum atomic E-state index is -3.89. The number of carbonyl (C=O) groups is 1. The van der Waals surface area contributed by atoms with Gasteiger partial charge in [0.1, 0.15) is 0 Å². The second-order valence-electron chi connectivity index (χ2n) is 8.32. The maximum Gasteiger partial charge on any atom is 0.270 e. The van der Waals surface area contributed by atoms with Gasteiger partial charge in [-0.1, -0.05) is 48.5 Å². The van der Waals surface area contributed by atoms with Gasteiger partial charge in [-0.25, -0.2) is 8.42 Å². The summed E-state index contributed by atoms with van der Waals surface area (Å²) in [5, 5.41) is 14.0. The second-order valence-corrected chi connectivity index (χ2v) is 10.2. The summed E-state index contributed by atoms with van der Waals surface area (Å²) >= 11 is 0. The average molecular weight is 480 g/mol. The molecule has 1 heterocycles. The lowest BCUT2D eigenvalue weighted by atomic mass is 9.97. The zero-order valence-electron chi connectivity index (χ0n) is 18.7. The van der Waals surface area contributed by atoms with E-state index in [1.807, 2.05) is 54.6 Å². The van der Waals surface area contributed by atoms with Crippen LogP contribution < -0.4 is 5.32 Å². The smallest absolute Gasteiger partial charge is 0.270 e. The van der Waals surface area contributed by atoms with Crippen molar-refractivity contribution in [2.45, 2.75) is 24.7 Å². The Hall–Kier alpha value is -3.56. The molecule has 0 aromatic heterocycles. The molecule has 34 heavy (non-hydrogen) atoms. The van der Waals surface area contributed by atoms with Crippen molar-refractivity contribution < 1.29 is 18.1 Å². The standard InChI is InChI=1S/C25H25N3O5S/c1-18-7-12-23(28(30)31)17-24(18)34(32,33)27-15-13-21(14-16-27)25(29)26-22-10-8-20(9-11-22)19-5-3-2-4-6-19/h2-12,17,21H,13-16H2,1H3,(H,26,29). The molecule has 0 atom stereocenters. The molecule has 1 fully saturated rings. The van der Waals surface area contributed by atoms with E-state index < -0.39 is 14.9 Å². The van der Waals surface area contributed by atoms with Gasteiger partial charge < -0.3 is 5.32 Å². The van der Waals surface area contributed by atoms with Crippen LogP contribution in [0.15, 0.2) is 77.7 Å². The number of benzene rings is 3. The van der Waals surface area contributed by atoms with Gasteiger partial charge in [-0.2, -0.15) is 4.31 Å². The molecule has 1 amide bonds. The van der Waals surface area contributed by atoms with Crippen molar-refractivity contribution >= 4 is 27.3 Å². The third-order valence-corrected chi connectivity index (χ3v) is 8.13. The topological polar surface area (TPSA) is 110 Å². The quantitative estimate of drug-likeness (QED) is 0.410. The van der Waals surface area contributed by atoms with Crippen LogP contribution in [-0.4, -0.2) is 36.6 Å². The molecule has 1 aliphatic heterocycles. The molecule has 8 nitrogen and oxygen atoms in total. The predicted molar refractivity (Wildman–Crippen MR) is 130 cm³/mol. The highest BCUT2D eigenvalue weighted by Gasteiger charge is 2.33. The average Bonchev–Trinajstić information content (AvgIpc) is 2.85. The van der Waals surface area contributed by atoms with Crippen molar-refractivity contribution in [3.63, 3.8) is 0 Å². The van der Waals surface area contributed by atoms with Crippen LogP contribution in [0.4, 0.5) is 11.4 Å². The maximum atomic E-state index is 13.1. The zero-order valence-corrected chi connectivity index (χ0v) is 19.5. The third kappa shape index (κ3) is 5.00. The third-order valence-electron chi connectivity index (χ3n) is 6.08. The highest BCUT2D eigenvalue weighted by Crippen LogP contribution is 2.29. The van der Waals surface area contributed by atoms with E-state index in [-0.39, 0.29) is 35.5 Å². The van der Waals surface area contributed by atoms with Gasteiger partial charge >= 0.3 is 0 Å². The summed E-state index contributed by atoms with van der Waals surface area (Å²) in [4.78, 5) is 23.2. The lowest BCUT2D eigenvalue weighted by molar-refractivity contribution is -0.385. The lowest BCUT2D eigenvalue weighted by Crippen LogP contribution is -2.41. The van der Waals surface area contributed by atoms with Gasteiger partial charge in [0.25, 0.3) is 5.69 Å². The number of nitro groups is 1. The molecule has 1 aliphatic rings. The number of carbonyl (C=O) groups excluding carboxylic acids is 1. The van der Waals surface area contributed by atoms with Crippen LogP contribution in [0.25, 0.3) is 11.1 Å². The molecule has 0 unspecified atom stereocenters. The van der Waals surface area contributed by atoms with E-state index in [2.05, 4.69) is 5.32 Å². The van der Waals surface area contributed by atoms with Gasteiger partial charge in [0.15, 0.2) is 0 Å². The molecular formula is C25H25N3O5S. The molecular weight excluding hydrogens is 454 g/mol. The van der Waals surface area contributed by atoms with E-state index in [0.29, 0.717) is 24.1 Å². The summed E-state index contributed by atoms with van der Waals surface area (Å²) in [6.45, 7) is 1.96. The van der Waals surface area contributed by atoms with Crippen molar-refractivity contribution in [1.82, 2.24) is 4.31 Å². The van der Waals surface area contributed by atoms with Crippen LogP contribution in [0, 0.1) is 23.0 Å². The predicted octanol–water partition coefficient (Wildman–Crippen LogP) is 4.61. The Balaban J connectivity index is 1.38. The van der Waals surface area contributed by atoms with Gasteiger partial charge in [0, 0.05) is 36.8 Å². The van der Waals surface area contributed by atoms with Crippen molar-refractivity contribution in [3.05, 3.63) is 88.5 Å². The number of sulfonamides is 1. The second kappa shape index (κ2) is 9.74. The first-order valence-corrected chi connectivity index (χ1v) is 12.4. The van der Waals surface area contributed by atoms with Gasteiger partial charge in [0.05, 0.1) is 9.82 Å². The van der Waals surface area contributed by atoms with E-state index >= 15 is 0 Å². The van der Waals surface area contributed by atoms with Gasteiger partial charge in [0.2, 0.25) is 15.9 Å². The van der Waals surface area contributed by atoms with Crippen LogP contribution in [-0.2, 0) is 14.8 Å². The normalized spacial score (nSPS) is 15.1. The van der Waals surface area contributed by atoms with Crippen molar-refractivity contribution in [2.24, 2.45) is 5.92 Å². The fraction of sp³-hybridized carbons (Fsp3) is 0.240. The summed E-state index contributed by atoms with van der Waals surface area (Å²) in [5.74, 6) is -0.456. The molecule has 0 saturated carbocycles. The number of nitro benzene ring substituents is 1. The number of amides is 1. The minimum absolute atomic E-state index is 0.0666. The zero-order chi connectivity index (χ0) is 24.3. The molecule has 0 aliphatic carbocycles. The number of hydrogen-bond donors (Lipinski definition) is 1. The SMILES string of the molecule is Cc1ccc([N+](=O)[O-])cc1S(=O)(=O)N1CCC(C(=O)Nc2ccc(-c3ccccc3)cc2)CC1. The Kier molecular flexibility index (Phi) is 6.76. The maximum absolute atomic E-state index is 13.1. The number of hydrogen-bond acceptors (Lipinski definition) is 5. The Morgan fingerprint density at radius 3 is 2.21 bits per heavy atom.